The van der Waals surface area contributed by atoms with E-state index < -0.39 is 0 Å². The van der Waals surface area contributed by atoms with Gasteiger partial charge in [0.05, 0.1) is 14.2 Å². The van der Waals surface area contributed by atoms with Gasteiger partial charge in [-0.05, 0) is 23.8 Å². The van der Waals surface area contributed by atoms with Crippen molar-refractivity contribution in [3.05, 3.63) is 36.7 Å². The summed E-state index contributed by atoms with van der Waals surface area (Å²) in [6.07, 6.45) is 3.45. The lowest BCUT2D eigenvalue weighted by molar-refractivity contribution is 0.356. The van der Waals surface area contributed by atoms with E-state index >= 15 is 0 Å². The van der Waals surface area contributed by atoms with Crippen LogP contribution in [0.4, 0.5) is 5.69 Å². The minimum Gasteiger partial charge on any atom is -0.493 e. The molecule has 0 fully saturated rings. The highest BCUT2D eigenvalue weighted by atomic mass is 16.5. The van der Waals surface area contributed by atoms with E-state index in [1.54, 1.807) is 32.7 Å². The van der Waals surface area contributed by atoms with Gasteiger partial charge in [0.25, 0.3) is 0 Å². The molecule has 0 amide bonds. The Bertz CT molecular complexity index is 512. The number of aromatic nitrogens is 1. The molecule has 2 rings (SSSR count). The molecule has 4 heteroatoms. The largest absolute Gasteiger partial charge is 0.493 e. The van der Waals surface area contributed by atoms with Gasteiger partial charge < -0.3 is 15.2 Å². The summed E-state index contributed by atoms with van der Waals surface area (Å²) in [4.78, 5) is 3.99. The Kier molecular flexibility index (Phi) is 3.14. The zero-order valence-corrected chi connectivity index (χ0v) is 9.81. The van der Waals surface area contributed by atoms with E-state index in [2.05, 4.69) is 4.98 Å². The SMILES string of the molecule is COc1cc(N)cc(-c2ccncc2)c1OC. The summed E-state index contributed by atoms with van der Waals surface area (Å²) in [7, 11) is 3.20. The number of pyridine rings is 1. The third-order valence-electron chi connectivity index (χ3n) is 2.49. The zero-order valence-electron chi connectivity index (χ0n) is 9.81. The Morgan fingerprint density at radius 3 is 2.35 bits per heavy atom. The fourth-order valence-electron chi connectivity index (χ4n) is 1.73. The first kappa shape index (κ1) is 11.3. The van der Waals surface area contributed by atoms with Crippen LogP contribution in [0, 0.1) is 0 Å². The summed E-state index contributed by atoms with van der Waals surface area (Å²) in [5.41, 5.74) is 8.36. The molecular weight excluding hydrogens is 216 g/mol. The number of hydrogen-bond acceptors (Lipinski definition) is 4. The van der Waals surface area contributed by atoms with Gasteiger partial charge in [0.1, 0.15) is 0 Å². The van der Waals surface area contributed by atoms with E-state index in [1.165, 1.54) is 0 Å². The molecule has 0 atom stereocenters. The number of nitrogen functional groups attached to an aromatic ring is 1. The molecule has 0 aliphatic carbocycles. The maximum atomic E-state index is 5.84. The molecule has 2 N–H and O–H groups in total. The van der Waals surface area contributed by atoms with Crippen LogP contribution in [0.3, 0.4) is 0 Å². The Labute approximate surface area is 100 Å². The molecular formula is C13H14N2O2. The molecule has 0 saturated carbocycles. The smallest absolute Gasteiger partial charge is 0.168 e. The van der Waals surface area contributed by atoms with E-state index in [4.69, 9.17) is 15.2 Å². The number of nitrogens with two attached hydrogens (primary N) is 1. The third kappa shape index (κ3) is 2.15. The van der Waals surface area contributed by atoms with Crippen LogP contribution in [0.5, 0.6) is 11.5 Å². The number of nitrogens with zero attached hydrogens (tertiary/aromatic N) is 1. The Balaban J connectivity index is 2.64. The van der Waals surface area contributed by atoms with Gasteiger partial charge >= 0.3 is 0 Å². The second-order valence-electron chi connectivity index (χ2n) is 3.54. The van der Waals surface area contributed by atoms with E-state index in [9.17, 15) is 0 Å². The predicted molar refractivity (Wildman–Crippen MR) is 67.2 cm³/mol. The summed E-state index contributed by atoms with van der Waals surface area (Å²) < 4.78 is 10.6. The summed E-state index contributed by atoms with van der Waals surface area (Å²) >= 11 is 0. The first-order valence-corrected chi connectivity index (χ1v) is 5.18. The van der Waals surface area contributed by atoms with Crippen molar-refractivity contribution in [3.8, 4) is 22.6 Å². The molecule has 4 nitrogen and oxygen atoms in total. The Morgan fingerprint density at radius 2 is 1.76 bits per heavy atom. The molecule has 1 aromatic heterocycles. The average molecular weight is 230 g/mol. The van der Waals surface area contributed by atoms with Crippen molar-refractivity contribution in [2.45, 2.75) is 0 Å². The van der Waals surface area contributed by atoms with Crippen LogP contribution in [-0.4, -0.2) is 19.2 Å². The highest BCUT2D eigenvalue weighted by Gasteiger charge is 2.12. The zero-order chi connectivity index (χ0) is 12.3. The number of hydrogen-bond donors (Lipinski definition) is 1. The highest BCUT2D eigenvalue weighted by molar-refractivity contribution is 5.77. The number of benzene rings is 1. The maximum absolute atomic E-state index is 5.84. The van der Waals surface area contributed by atoms with Gasteiger partial charge in [-0.3, -0.25) is 4.98 Å². The lowest BCUT2D eigenvalue weighted by Crippen LogP contribution is -1.96. The number of anilines is 1. The first-order valence-electron chi connectivity index (χ1n) is 5.18. The van der Waals surface area contributed by atoms with Gasteiger partial charge in [-0.25, -0.2) is 0 Å². The van der Waals surface area contributed by atoms with E-state index in [-0.39, 0.29) is 0 Å². The molecule has 0 bridgehead atoms. The van der Waals surface area contributed by atoms with Gasteiger partial charge in [0, 0.05) is 29.7 Å². The van der Waals surface area contributed by atoms with Crippen LogP contribution in [0.2, 0.25) is 0 Å². The summed E-state index contributed by atoms with van der Waals surface area (Å²) in [5, 5.41) is 0. The minimum absolute atomic E-state index is 0.624. The maximum Gasteiger partial charge on any atom is 0.168 e. The molecule has 1 heterocycles. The molecule has 0 spiro atoms. The fourth-order valence-corrected chi connectivity index (χ4v) is 1.73. The van der Waals surface area contributed by atoms with Gasteiger partial charge in [-0.1, -0.05) is 0 Å². The summed E-state index contributed by atoms with van der Waals surface area (Å²) in [5.74, 6) is 1.30. The minimum atomic E-state index is 0.624. The molecule has 0 aliphatic rings. The van der Waals surface area contributed by atoms with Crippen LogP contribution < -0.4 is 15.2 Å². The van der Waals surface area contributed by atoms with Crippen molar-refractivity contribution in [2.24, 2.45) is 0 Å². The van der Waals surface area contributed by atoms with Gasteiger partial charge in [-0.2, -0.15) is 0 Å². The van der Waals surface area contributed by atoms with Gasteiger partial charge in [0.15, 0.2) is 11.5 Å². The highest BCUT2D eigenvalue weighted by Crippen LogP contribution is 2.39. The molecule has 0 aliphatic heterocycles. The molecule has 2 aromatic rings. The quantitative estimate of drug-likeness (QED) is 0.822. The summed E-state index contributed by atoms with van der Waals surface area (Å²) in [6.45, 7) is 0. The number of ether oxygens (including phenoxy) is 2. The van der Waals surface area contributed by atoms with Crippen molar-refractivity contribution in [1.29, 1.82) is 0 Å². The van der Waals surface area contributed by atoms with E-state index in [1.807, 2.05) is 18.2 Å². The lowest BCUT2D eigenvalue weighted by atomic mass is 10.0. The normalized spacial score (nSPS) is 10.0. The van der Waals surface area contributed by atoms with Crippen molar-refractivity contribution in [2.75, 3.05) is 20.0 Å². The van der Waals surface area contributed by atoms with Gasteiger partial charge in [-0.15, -0.1) is 0 Å². The fraction of sp³-hybridized carbons (Fsp3) is 0.154. The second kappa shape index (κ2) is 4.74. The van der Waals surface area contributed by atoms with Crippen LogP contribution in [0.1, 0.15) is 0 Å². The molecule has 0 unspecified atom stereocenters. The van der Waals surface area contributed by atoms with Crippen molar-refractivity contribution < 1.29 is 9.47 Å². The Morgan fingerprint density at radius 1 is 1.06 bits per heavy atom. The van der Waals surface area contributed by atoms with Crippen molar-refractivity contribution in [3.63, 3.8) is 0 Å². The monoisotopic (exact) mass is 230 g/mol. The van der Waals surface area contributed by atoms with Crippen LogP contribution in [-0.2, 0) is 0 Å². The van der Waals surface area contributed by atoms with Crippen LogP contribution >= 0.6 is 0 Å². The summed E-state index contributed by atoms with van der Waals surface area (Å²) in [6, 6.07) is 7.40. The predicted octanol–water partition coefficient (Wildman–Crippen LogP) is 2.35. The molecule has 0 saturated heterocycles. The van der Waals surface area contributed by atoms with Crippen LogP contribution in [0.15, 0.2) is 36.7 Å². The van der Waals surface area contributed by atoms with E-state index in [0.717, 1.165) is 11.1 Å². The average Bonchev–Trinajstić information content (AvgIpc) is 2.38. The topological polar surface area (TPSA) is 57.4 Å². The molecule has 1 aromatic carbocycles. The lowest BCUT2D eigenvalue weighted by Gasteiger charge is -2.13. The number of rotatable bonds is 3. The standard InChI is InChI=1S/C13H14N2O2/c1-16-12-8-10(14)7-11(13(12)17-2)9-3-5-15-6-4-9/h3-8H,14H2,1-2H3. The molecule has 17 heavy (non-hydrogen) atoms. The van der Waals surface area contributed by atoms with Crippen LogP contribution in [0.25, 0.3) is 11.1 Å². The van der Waals surface area contributed by atoms with Crippen molar-refractivity contribution in [1.82, 2.24) is 4.98 Å². The van der Waals surface area contributed by atoms with Crippen molar-refractivity contribution >= 4 is 5.69 Å². The van der Waals surface area contributed by atoms with E-state index in [0.29, 0.717) is 17.2 Å². The first-order chi connectivity index (χ1) is 8.26. The second-order valence-corrected chi connectivity index (χ2v) is 3.54. The molecule has 0 radical (unpaired) electrons. The van der Waals surface area contributed by atoms with Gasteiger partial charge in [0.2, 0.25) is 0 Å². The molecule has 88 valence electrons. The third-order valence-corrected chi connectivity index (χ3v) is 2.49. The number of methoxy groups -OCH3 is 2. The Hall–Kier alpha value is -2.23.